The number of carbonyl (C=O) groups excluding carboxylic acids is 1. The third-order valence-electron chi connectivity index (χ3n) is 3.61. The first-order chi connectivity index (χ1) is 13.4. The molecule has 0 heterocycles. The van der Waals surface area contributed by atoms with Gasteiger partial charge in [0.2, 0.25) is 0 Å². The lowest BCUT2D eigenvalue weighted by atomic mass is 10.1. The van der Waals surface area contributed by atoms with Crippen LogP contribution in [0.1, 0.15) is 25.0 Å². The van der Waals surface area contributed by atoms with E-state index in [1.165, 1.54) is 42.5 Å². The predicted octanol–water partition coefficient (Wildman–Crippen LogP) is 2.88. The fourth-order valence-corrected chi connectivity index (χ4v) is 3.83. The Morgan fingerprint density at radius 3 is 2.00 bits per heavy atom. The van der Waals surface area contributed by atoms with Crippen LogP contribution in [-0.4, -0.2) is 38.0 Å². The summed E-state index contributed by atoms with van der Waals surface area (Å²) in [5.41, 5.74) is 0.300. The number of nitrogens with one attached hydrogen (secondary N) is 2. The van der Waals surface area contributed by atoms with E-state index in [4.69, 9.17) is 0 Å². The lowest BCUT2D eigenvalue weighted by Crippen LogP contribution is -2.34. The number of hydrogen-bond donors (Lipinski definition) is 4. The maximum absolute atomic E-state index is 11.8. The molecular weight excluding hydrogens is 420 g/mol. The van der Waals surface area contributed by atoms with E-state index in [0.717, 1.165) is 6.07 Å². The highest BCUT2D eigenvalue weighted by atomic mass is 32.2. The van der Waals surface area contributed by atoms with Gasteiger partial charge in [-0.1, -0.05) is 36.4 Å². The fourth-order valence-electron chi connectivity index (χ4n) is 2.44. The van der Waals surface area contributed by atoms with E-state index in [9.17, 15) is 30.7 Å². The summed E-state index contributed by atoms with van der Waals surface area (Å²) in [4.78, 5) is 10.9. The Bertz CT molecular complexity index is 1150. The Balaban J connectivity index is 2.44. The molecular formula is C18H20N2O7S2. The minimum atomic E-state index is -4.65. The molecule has 0 aliphatic heterocycles. The molecule has 9 nitrogen and oxygen atoms in total. The van der Waals surface area contributed by atoms with Crippen molar-refractivity contribution in [2.45, 2.75) is 29.7 Å². The van der Waals surface area contributed by atoms with Gasteiger partial charge in [-0.15, -0.1) is 0 Å². The topological polar surface area (TPSA) is 150 Å². The Morgan fingerprint density at radius 1 is 0.897 bits per heavy atom. The second-order valence-electron chi connectivity index (χ2n) is 6.33. The van der Waals surface area contributed by atoms with Gasteiger partial charge in [-0.3, -0.25) is 9.11 Å². The molecule has 29 heavy (non-hydrogen) atoms. The first kappa shape index (κ1) is 22.6. The van der Waals surface area contributed by atoms with E-state index in [0.29, 0.717) is 0 Å². The molecule has 2 aromatic carbocycles. The smallest absolute Gasteiger partial charge is 0.319 e. The van der Waals surface area contributed by atoms with Crippen LogP contribution in [0.25, 0.3) is 12.2 Å². The van der Waals surface area contributed by atoms with Crippen molar-refractivity contribution in [3.8, 4) is 0 Å². The van der Waals surface area contributed by atoms with Crippen molar-refractivity contribution in [3.63, 3.8) is 0 Å². The van der Waals surface area contributed by atoms with E-state index in [-0.39, 0.29) is 27.8 Å². The van der Waals surface area contributed by atoms with Crippen LogP contribution in [0.15, 0.2) is 52.3 Å². The molecule has 0 aromatic heterocycles. The van der Waals surface area contributed by atoms with Crippen LogP contribution in [0, 0.1) is 0 Å². The van der Waals surface area contributed by atoms with Crippen LogP contribution < -0.4 is 10.6 Å². The quantitative estimate of drug-likeness (QED) is 0.398. The van der Waals surface area contributed by atoms with Gasteiger partial charge in [0, 0.05) is 11.7 Å². The molecule has 156 valence electrons. The molecule has 0 saturated heterocycles. The van der Waals surface area contributed by atoms with Gasteiger partial charge in [0.25, 0.3) is 20.2 Å². The molecule has 2 aromatic rings. The molecule has 2 rings (SSSR count). The minimum absolute atomic E-state index is 0.0486. The van der Waals surface area contributed by atoms with Crippen molar-refractivity contribution in [1.29, 1.82) is 0 Å². The highest BCUT2D eigenvalue weighted by molar-refractivity contribution is 7.86. The van der Waals surface area contributed by atoms with Crippen LogP contribution in [0.5, 0.6) is 0 Å². The van der Waals surface area contributed by atoms with Gasteiger partial charge in [0.15, 0.2) is 0 Å². The Morgan fingerprint density at radius 2 is 1.45 bits per heavy atom. The summed E-state index contributed by atoms with van der Waals surface area (Å²) >= 11 is 0. The van der Waals surface area contributed by atoms with Gasteiger partial charge in [-0.05, 0) is 43.2 Å². The molecule has 0 aliphatic rings. The van der Waals surface area contributed by atoms with E-state index in [1.807, 2.05) is 0 Å². The van der Waals surface area contributed by atoms with Crippen LogP contribution >= 0.6 is 0 Å². The second kappa shape index (κ2) is 8.74. The molecule has 0 aliphatic carbocycles. The summed E-state index contributed by atoms with van der Waals surface area (Å²) in [6.07, 6.45) is 2.55. The summed E-state index contributed by atoms with van der Waals surface area (Å²) in [6.45, 7) is 3.50. The zero-order valence-corrected chi connectivity index (χ0v) is 17.2. The van der Waals surface area contributed by atoms with Crippen molar-refractivity contribution < 1.29 is 30.7 Å². The molecule has 0 radical (unpaired) electrons. The number of amides is 2. The van der Waals surface area contributed by atoms with Crippen molar-refractivity contribution >= 4 is 44.1 Å². The maximum Gasteiger partial charge on any atom is 0.319 e. The first-order valence-electron chi connectivity index (χ1n) is 8.31. The van der Waals surface area contributed by atoms with Crippen molar-refractivity contribution in [2.24, 2.45) is 0 Å². The highest BCUT2D eigenvalue weighted by Gasteiger charge is 2.17. The monoisotopic (exact) mass is 440 g/mol. The van der Waals surface area contributed by atoms with Crippen molar-refractivity contribution in [1.82, 2.24) is 5.32 Å². The minimum Gasteiger partial charge on any atom is -0.336 e. The van der Waals surface area contributed by atoms with Gasteiger partial charge in [0.05, 0.1) is 0 Å². The van der Waals surface area contributed by atoms with Crippen LogP contribution in [0.4, 0.5) is 10.5 Å². The number of hydrogen-bond acceptors (Lipinski definition) is 5. The maximum atomic E-state index is 11.8. The third-order valence-corrected chi connectivity index (χ3v) is 5.45. The van der Waals surface area contributed by atoms with Crippen LogP contribution in [0.2, 0.25) is 0 Å². The number of benzene rings is 2. The van der Waals surface area contributed by atoms with Crippen LogP contribution in [-0.2, 0) is 20.2 Å². The van der Waals surface area contributed by atoms with Gasteiger partial charge in [0.1, 0.15) is 9.79 Å². The van der Waals surface area contributed by atoms with Gasteiger partial charge in [-0.2, -0.15) is 16.8 Å². The number of urea groups is 1. The average Bonchev–Trinajstić information content (AvgIpc) is 2.58. The Labute approximate surface area is 169 Å². The zero-order valence-electron chi connectivity index (χ0n) is 15.5. The molecule has 0 unspecified atom stereocenters. The SMILES string of the molecule is CC(C)NC(=O)Nc1ccc(/C=C/c2ccccc2S(=O)(=O)O)c(S(=O)(=O)O)c1. The van der Waals surface area contributed by atoms with Gasteiger partial charge < -0.3 is 10.6 Å². The number of rotatable bonds is 6. The number of anilines is 1. The highest BCUT2D eigenvalue weighted by Crippen LogP contribution is 2.24. The van der Waals surface area contributed by atoms with Gasteiger partial charge in [-0.25, -0.2) is 4.79 Å². The van der Waals surface area contributed by atoms with E-state index in [1.54, 1.807) is 19.9 Å². The average molecular weight is 440 g/mol. The molecule has 2 amide bonds. The molecule has 11 heteroatoms. The molecule has 0 bridgehead atoms. The largest absolute Gasteiger partial charge is 0.336 e. The summed E-state index contributed by atoms with van der Waals surface area (Å²) < 4.78 is 65.3. The normalized spacial score (nSPS) is 12.3. The van der Waals surface area contributed by atoms with E-state index in [2.05, 4.69) is 10.6 Å². The summed E-state index contributed by atoms with van der Waals surface area (Å²) in [5, 5.41) is 5.03. The summed E-state index contributed by atoms with van der Waals surface area (Å²) in [5.74, 6) is 0. The first-order valence-corrected chi connectivity index (χ1v) is 11.2. The predicted molar refractivity (Wildman–Crippen MR) is 109 cm³/mol. The van der Waals surface area contributed by atoms with E-state index < -0.39 is 31.2 Å². The fraction of sp³-hybridized carbons (Fsp3) is 0.167. The van der Waals surface area contributed by atoms with Crippen molar-refractivity contribution in [3.05, 3.63) is 53.6 Å². The molecule has 0 fully saturated rings. The summed E-state index contributed by atoms with van der Waals surface area (Å²) in [7, 11) is -9.13. The Kier molecular flexibility index (Phi) is 6.80. The molecule has 0 atom stereocenters. The molecule has 0 spiro atoms. The van der Waals surface area contributed by atoms with E-state index >= 15 is 0 Å². The molecule has 4 N–H and O–H groups in total. The standard InChI is InChI=1S/C18H20N2O7S2/c1-12(2)19-18(21)20-15-10-9-14(17(11-15)29(25,26)27)8-7-13-5-3-4-6-16(13)28(22,23)24/h3-12H,1-2H3,(H2,19,20,21)(H,22,23,24)(H,25,26,27)/b8-7+. The van der Waals surface area contributed by atoms with Gasteiger partial charge >= 0.3 is 6.03 Å². The van der Waals surface area contributed by atoms with Crippen LogP contribution in [0.3, 0.4) is 0 Å². The number of carbonyl (C=O) groups is 1. The lowest BCUT2D eigenvalue weighted by Gasteiger charge is -2.12. The summed E-state index contributed by atoms with van der Waals surface area (Å²) in [6, 6.07) is 8.71. The Hall–Kier alpha value is -2.73. The third kappa shape index (κ3) is 6.39. The molecule has 0 saturated carbocycles. The lowest BCUT2D eigenvalue weighted by molar-refractivity contribution is 0.250. The van der Waals surface area contributed by atoms with Crippen molar-refractivity contribution in [2.75, 3.05) is 5.32 Å². The second-order valence-corrected chi connectivity index (χ2v) is 9.11. The zero-order chi connectivity index (χ0) is 21.8.